The van der Waals surface area contributed by atoms with E-state index in [1.807, 2.05) is 23.7 Å². The largest absolute Gasteiger partial charge is 0.355 e. The van der Waals surface area contributed by atoms with Crippen molar-refractivity contribution in [3.63, 3.8) is 0 Å². The molecule has 1 saturated heterocycles. The molecule has 3 aromatic heterocycles. The van der Waals surface area contributed by atoms with E-state index in [1.54, 1.807) is 24.0 Å². The van der Waals surface area contributed by atoms with E-state index in [9.17, 15) is 0 Å². The van der Waals surface area contributed by atoms with E-state index in [-0.39, 0.29) is 0 Å². The molecule has 0 amide bonds. The molecule has 28 heavy (non-hydrogen) atoms. The van der Waals surface area contributed by atoms with Crippen LogP contribution in [0.2, 0.25) is 5.02 Å². The monoisotopic (exact) mass is 410 g/mol. The van der Waals surface area contributed by atoms with Gasteiger partial charge in [-0.2, -0.15) is 0 Å². The molecular weight excluding hydrogens is 392 g/mol. The molecule has 4 heterocycles. The highest BCUT2D eigenvalue weighted by Crippen LogP contribution is 2.39. The minimum absolute atomic E-state index is 0.351. The summed E-state index contributed by atoms with van der Waals surface area (Å²) in [5, 5.41) is 12.4. The lowest BCUT2D eigenvalue weighted by Crippen LogP contribution is -2.36. The van der Waals surface area contributed by atoms with E-state index >= 15 is 0 Å². The fraction of sp³-hybridized carbons (Fsp3) is 0.300. The highest BCUT2D eigenvalue weighted by atomic mass is 35.5. The predicted molar refractivity (Wildman–Crippen MR) is 113 cm³/mol. The summed E-state index contributed by atoms with van der Waals surface area (Å²) in [7, 11) is 2.01. The number of hydrogen-bond donors (Lipinski definition) is 0. The van der Waals surface area contributed by atoms with Gasteiger partial charge in [0.1, 0.15) is 29.1 Å². The zero-order valence-electron chi connectivity index (χ0n) is 15.4. The first kappa shape index (κ1) is 17.6. The Morgan fingerprint density at radius 2 is 2.04 bits per heavy atom. The Kier molecular flexibility index (Phi) is 4.49. The number of piperidine rings is 1. The van der Waals surface area contributed by atoms with Gasteiger partial charge in [0, 0.05) is 42.0 Å². The van der Waals surface area contributed by atoms with Crippen LogP contribution >= 0.6 is 22.9 Å². The van der Waals surface area contributed by atoms with Gasteiger partial charge in [0.15, 0.2) is 0 Å². The van der Waals surface area contributed by atoms with Gasteiger partial charge in [0.25, 0.3) is 0 Å². The van der Waals surface area contributed by atoms with E-state index in [0.717, 1.165) is 63.9 Å². The Morgan fingerprint density at radius 1 is 1.18 bits per heavy atom. The summed E-state index contributed by atoms with van der Waals surface area (Å²) >= 11 is 7.73. The van der Waals surface area contributed by atoms with Gasteiger partial charge in [-0.1, -0.05) is 23.7 Å². The molecule has 0 radical (unpaired) electrons. The summed E-state index contributed by atoms with van der Waals surface area (Å²) < 4.78 is 2.02. The van der Waals surface area contributed by atoms with E-state index < -0.39 is 0 Å². The van der Waals surface area contributed by atoms with Crippen molar-refractivity contribution in [2.24, 2.45) is 7.05 Å². The number of hydrogen-bond acceptors (Lipinski definition) is 6. The lowest BCUT2D eigenvalue weighted by atomic mass is 9.96. The van der Waals surface area contributed by atoms with Crippen LogP contribution in [0, 0.1) is 0 Å². The molecule has 0 aliphatic carbocycles. The minimum atomic E-state index is 0.351. The Bertz CT molecular complexity index is 1120. The molecule has 4 aromatic rings. The van der Waals surface area contributed by atoms with Crippen LogP contribution in [0.1, 0.15) is 24.6 Å². The third-order valence-electron chi connectivity index (χ3n) is 5.34. The zero-order valence-corrected chi connectivity index (χ0v) is 17.0. The Balaban J connectivity index is 1.56. The maximum atomic E-state index is 6.08. The van der Waals surface area contributed by atoms with Gasteiger partial charge in [-0.05, 0) is 30.5 Å². The number of anilines is 1. The number of thiophene rings is 1. The molecule has 1 aliphatic heterocycles. The Hall–Kier alpha value is -2.51. The average molecular weight is 411 g/mol. The van der Waals surface area contributed by atoms with Crippen LogP contribution < -0.4 is 4.90 Å². The van der Waals surface area contributed by atoms with E-state index in [2.05, 4.69) is 37.6 Å². The molecule has 1 fully saturated rings. The fourth-order valence-corrected chi connectivity index (χ4v) is 5.02. The topological polar surface area (TPSA) is 59.7 Å². The zero-order chi connectivity index (χ0) is 19.1. The SMILES string of the molecule is Cn1cnnc1C1CCCN(c2ncnc3scc(-c4ccc(Cl)cc4)c23)C1. The average Bonchev–Trinajstić information content (AvgIpc) is 3.35. The third-order valence-corrected chi connectivity index (χ3v) is 6.48. The van der Waals surface area contributed by atoms with Gasteiger partial charge in [-0.25, -0.2) is 9.97 Å². The molecule has 0 spiro atoms. The second-order valence-corrected chi connectivity index (χ2v) is 8.41. The first-order valence-electron chi connectivity index (χ1n) is 9.27. The Morgan fingerprint density at radius 3 is 2.82 bits per heavy atom. The van der Waals surface area contributed by atoms with Crippen LogP contribution in [0.4, 0.5) is 5.82 Å². The van der Waals surface area contributed by atoms with Crippen LogP contribution in [0.15, 0.2) is 42.3 Å². The number of benzene rings is 1. The summed E-state index contributed by atoms with van der Waals surface area (Å²) in [6.07, 6.45) is 5.66. The second kappa shape index (κ2) is 7.14. The number of halogens is 1. The molecule has 5 rings (SSSR count). The molecule has 1 aliphatic rings. The van der Waals surface area contributed by atoms with Gasteiger partial charge in [-0.3, -0.25) is 0 Å². The maximum Gasteiger partial charge on any atom is 0.141 e. The van der Waals surface area contributed by atoms with Crippen molar-refractivity contribution in [1.82, 2.24) is 24.7 Å². The highest BCUT2D eigenvalue weighted by molar-refractivity contribution is 7.17. The van der Waals surface area contributed by atoms with Gasteiger partial charge in [0.05, 0.1) is 5.39 Å². The quantitative estimate of drug-likeness (QED) is 0.496. The van der Waals surface area contributed by atoms with Crippen LogP contribution in [0.3, 0.4) is 0 Å². The van der Waals surface area contributed by atoms with E-state index in [0.29, 0.717) is 5.92 Å². The molecule has 1 aromatic carbocycles. The molecule has 0 saturated carbocycles. The molecule has 8 heteroatoms. The summed E-state index contributed by atoms with van der Waals surface area (Å²) in [6, 6.07) is 7.96. The van der Waals surface area contributed by atoms with Crippen LogP contribution in [-0.4, -0.2) is 37.8 Å². The molecule has 0 bridgehead atoms. The van der Waals surface area contributed by atoms with E-state index in [1.165, 1.54) is 0 Å². The summed E-state index contributed by atoms with van der Waals surface area (Å²) in [5.74, 6) is 2.39. The molecule has 0 N–H and O–H groups in total. The van der Waals surface area contributed by atoms with Crippen molar-refractivity contribution in [3.05, 3.63) is 53.1 Å². The molecule has 1 unspecified atom stereocenters. The molecule has 6 nitrogen and oxygen atoms in total. The van der Waals surface area contributed by atoms with Gasteiger partial charge >= 0.3 is 0 Å². The Labute approximate surface area is 171 Å². The van der Waals surface area contributed by atoms with Crippen molar-refractivity contribution in [1.29, 1.82) is 0 Å². The number of fused-ring (bicyclic) bond motifs is 1. The second-order valence-electron chi connectivity index (χ2n) is 7.12. The molecule has 142 valence electrons. The van der Waals surface area contributed by atoms with Gasteiger partial charge < -0.3 is 9.47 Å². The first-order chi connectivity index (χ1) is 13.7. The predicted octanol–water partition coefficient (Wildman–Crippen LogP) is 4.52. The lowest BCUT2D eigenvalue weighted by Gasteiger charge is -2.33. The van der Waals surface area contributed by atoms with Gasteiger partial charge in [0.2, 0.25) is 0 Å². The summed E-state index contributed by atoms with van der Waals surface area (Å²) in [4.78, 5) is 12.6. The number of rotatable bonds is 3. The van der Waals surface area contributed by atoms with Crippen LogP contribution in [0.5, 0.6) is 0 Å². The highest BCUT2D eigenvalue weighted by Gasteiger charge is 2.27. The minimum Gasteiger partial charge on any atom is -0.355 e. The molecule has 1 atom stereocenters. The fourth-order valence-electron chi connectivity index (χ4n) is 3.98. The standard InChI is InChI=1S/C20H19ClN6S/c1-26-12-24-25-18(26)14-3-2-8-27(9-14)19-17-16(10-28-20(17)23-11-22-19)13-4-6-15(21)7-5-13/h4-7,10-12,14H,2-3,8-9H2,1H3. The van der Waals surface area contributed by atoms with Crippen molar-refractivity contribution in [3.8, 4) is 11.1 Å². The number of aryl methyl sites for hydroxylation is 1. The molecular formula is C20H19ClN6S. The van der Waals surface area contributed by atoms with Crippen LogP contribution in [-0.2, 0) is 7.05 Å². The van der Waals surface area contributed by atoms with Crippen LogP contribution in [0.25, 0.3) is 21.3 Å². The number of aromatic nitrogens is 5. The lowest BCUT2D eigenvalue weighted by molar-refractivity contribution is 0.478. The third kappa shape index (κ3) is 3.04. The van der Waals surface area contributed by atoms with Crippen molar-refractivity contribution >= 4 is 39.0 Å². The number of nitrogens with zero attached hydrogens (tertiary/aromatic N) is 6. The first-order valence-corrected chi connectivity index (χ1v) is 10.5. The van der Waals surface area contributed by atoms with E-state index in [4.69, 9.17) is 16.6 Å². The summed E-state index contributed by atoms with van der Waals surface area (Å²) in [6.45, 7) is 1.87. The van der Waals surface area contributed by atoms with Crippen molar-refractivity contribution in [2.45, 2.75) is 18.8 Å². The normalized spacial score (nSPS) is 17.4. The van der Waals surface area contributed by atoms with Crippen molar-refractivity contribution in [2.75, 3.05) is 18.0 Å². The smallest absolute Gasteiger partial charge is 0.141 e. The maximum absolute atomic E-state index is 6.08. The summed E-state index contributed by atoms with van der Waals surface area (Å²) in [5.41, 5.74) is 2.29. The van der Waals surface area contributed by atoms with Gasteiger partial charge in [-0.15, -0.1) is 21.5 Å². The van der Waals surface area contributed by atoms with Crippen molar-refractivity contribution < 1.29 is 0 Å².